The third-order valence-electron chi connectivity index (χ3n) is 4.22. The van der Waals surface area contributed by atoms with E-state index in [1.165, 1.54) is 6.42 Å². The van der Waals surface area contributed by atoms with Crippen molar-refractivity contribution in [2.75, 3.05) is 19.8 Å². The molecule has 24 heavy (non-hydrogen) atoms. The number of hydrogen-bond acceptors (Lipinski definition) is 5. The number of carbonyl (C=O) groups is 1. The zero-order valence-electron chi connectivity index (χ0n) is 15.4. The van der Waals surface area contributed by atoms with Crippen LogP contribution in [0.5, 0.6) is 0 Å². The topological polar surface area (TPSA) is 67.8 Å². The van der Waals surface area contributed by atoms with Gasteiger partial charge in [-0.2, -0.15) is 0 Å². The Morgan fingerprint density at radius 1 is 1.25 bits per heavy atom. The minimum absolute atomic E-state index is 0.0212. The maximum atomic E-state index is 11.1. The molecule has 0 aromatic heterocycles. The Morgan fingerprint density at radius 3 is 2.71 bits per heavy atom. The Kier molecular flexibility index (Phi) is 11.8. The molecule has 1 aliphatic rings. The quantitative estimate of drug-likeness (QED) is 0.397. The molecule has 5 nitrogen and oxygen atoms in total. The lowest BCUT2D eigenvalue weighted by atomic mass is 10.0. The van der Waals surface area contributed by atoms with Crippen LogP contribution in [0.25, 0.3) is 0 Å². The third-order valence-corrected chi connectivity index (χ3v) is 4.22. The van der Waals surface area contributed by atoms with Gasteiger partial charge in [-0.15, -0.1) is 0 Å². The summed E-state index contributed by atoms with van der Waals surface area (Å²) in [7, 11) is 0. The molecule has 0 amide bonds. The molecule has 2 N–H and O–H groups in total. The summed E-state index contributed by atoms with van der Waals surface area (Å²) in [5.41, 5.74) is 0.877. The van der Waals surface area contributed by atoms with Crippen molar-refractivity contribution < 1.29 is 19.4 Å². The van der Waals surface area contributed by atoms with E-state index < -0.39 is 0 Å². The maximum Gasteiger partial charge on any atom is 0.157 e. The Hall–Kier alpha value is -0.910. The lowest BCUT2D eigenvalue weighted by Gasteiger charge is -2.22. The molecule has 0 radical (unpaired) electrons. The molecule has 1 fully saturated rings. The van der Waals surface area contributed by atoms with Crippen LogP contribution in [-0.2, 0) is 14.3 Å². The monoisotopic (exact) mass is 341 g/mol. The standard InChI is InChI=1S/C19H35NO4/c1-16(15-17(2)22)20-18(11-12-21)9-5-3-4-7-13-23-19-10-6-8-14-24-19/h15,18-21H,3-14H2,1-2H3/b16-15+/t18-,19?/m1/s1. The molecule has 0 aromatic carbocycles. The summed E-state index contributed by atoms with van der Waals surface area (Å²) >= 11 is 0. The van der Waals surface area contributed by atoms with Crippen molar-refractivity contribution >= 4 is 5.78 Å². The second-order valence-corrected chi connectivity index (χ2v) is 6.66. The summed E-state index contributed by atoms with van der Waals surface area (Å²) in [6.07, 6.45) is 11.2. The second kappa shape index (κ2) is 13.4. The highest BCUT2D eigenvalue weighted by molar-refractivity contribution is 5.87. The van der Waals surface area contributed by atoms with Crippen molar-refractivity contribution in [1.82, 2.24) is 5.32 Å². The Bertz CT molecular complexity index is 364. The van der Waals surface area contributed by atoms with Crippen molar-refractivity contribution in [3.63, 3.8) is 0 Å². The first kappa shape index (κ1) is 21.1. The van der Waals surface area contributed by atoms with Crippen LogP contribution in [0.4, 0.5) is 0 Å². The summed E-state index contributed by atoms with van der Waals surface area (Å²) in [6.45, 7) is 5.23. The summed E-state index contributed by atoms with van der Waals surface area (Å²) in [5.74, 6) is 0.0460. The molecule has 0 aliphatic carbocycles. The van der Waals surface area contributed by atoms with Crippen LogP contribution in [0, 0.1) is 0 Å². The number of ketones is 1. The van der Waals surface area contributed by atoms with Gasteiger partial charge in [0.1, 0.15) is 0 Å². The number of nitrogens with one attached hydrogen (secondary N) is 1. The molecule has 0 saturated carbocycles. The van der Waals surface area contributed by atoms with Crippen LogP contribution < -0.4 is 5.32 Å². The molecule has 0 aromatic rings. The van der Waals surface area contributed by atoms with Crippen molar-refractivity contribution in [1.29, 1.82) is 0 Å². The van der Waals surface area contributed by atoms with E-state index in [2.05, 4.69) is 5.32 Å². The molecular formula is C19H35NO4. The van der Waals surface area contributed by atoms with Gasteiger partial charge in [0, 0.05) is 31.6 Å². The number of aliphatic hydroxyl groups is 1. The molecule has 1 aliphatic heterocycles. The predicted octanol–water partition coefficient (Wildman–Crippen LogP) is 3.31. The van der Waals surface area contributed by atoms with Crippen molar-refractivity contribution in [3.05, 3.63) is 11.8 Å². The number of aliphatic hydroxyl groups excluding tert-OH is 1. The number of unbranched alkanes of at least 4 members (excludes halogenated alkanes) is 3. The van der Waals surface area contributed by atoms with Gasteiger partial charge < -0.3 is 19.9 Å². The zero-order valence-corrected chi connectivity index (χ0v) is 15.4. The first-order valence-electron chi connectivity index (χ1n) is 9.41. The van der Waals surface area contributed by atoms with Gasteiger partial charge in [-0.3, -0.25) is 4.79 Å². The second-order valence-electron chi connectivity index (χ2n) is 6.66. The highest BCUT2D eigenvalue weighted by atomic mass is 16.7. The van der Waals surface area contributed by atoms with Crippen LogP contribution >= 0.6 is 0 Å². The molecule has 1 unspecified atom stereocenters. The number of ether oxygens (including phenoxy) is 2. The van der Waals surface area contributed by atoms with E-state index >= 15 is 0 Å². The van der Waals surface area contributed by atoms with Gasteiger partial charge in [-0.05, 0) is 58.4 Å². The molecule has 140 valence electrons. The number of carbonyl (C=O) groups excluding carboxylic acids is 1. The smallest absolute Gasteiger partial charge is 0.157 e. The maximum absolute atomic E-state index is 11.1. The minimum atomic E-state index is 0.0212. The Balaban J connectivity index is 2.06. The van der Waals surface area contributed by atoms with E-state index in [4.69, 9.17) is 9.47 Å². The van der Waals surface area contributed by atoms with Gasteiger partial charge in [-0.25, -0.2) is 0 Å². The third kappa shape index (κ3) is 10.8. The van der Waals surface area contributed by atoms with E-state index in [0.717, 1.165) is 63.9 Å². The van der Waals surface area contributed by atoms with Gasteiger partial charge in [0.25, 0.3) is 0 Å². The van der Waals surface area contributed by atoms with E-state index in [1.807, 2.05) is 6.92 Å². The van der Waals surface area contributed by atoms with Crippen molar-refractivity contribution in [3.8, 4) is 0 Å². The Labute approximate surface area is 146 Å². The van der Waals surface area contributed by atoms with E-state index in [1.54, 1.807) is 13.0 Å². The first-order valence-corrected chi connectivity index (χ1v) is 9.41. The summed E-state index contributed by atoms with van der Waals surface area (Å²) in [6, 6.07) is 0.234. The molecule has 5 heteroatoms. The predicted molar refractivity (Wildman–Crippen MR) is 95.7 cm³/mol. The molecule has 2 atom stereocenters. The SMILES string of the molecule is CC(=O)/C=C(\C)N[C@@H](CCO)CCCCCCOC1CCCCO1. The lowest BCUT2D eigenvalue weighted by molar-refractivity contribution is -0.162. The zero-order chi connectivity index (χ0) is 17.6. The number of hydrogen-bond donors (Lipinski definition) is 2. The molecule has 0 spiro atoms. The summed E-state index contributed by atoms with van der Waals surface area (Å²) in [5, 5.41) is 12.5. The average molecular weight is 341 g/mol. The first-order chi connectivity index (χ1) is 11.6. The van der Waals surface area contributed by atoms with Crippen molar-refractivity contribution in [2.24, 2.45) is 0 Å². The molecule has 1 rings (SSSR count). The molecule has 0 bridgehead atoms. The molecule has 1 saturated heterocycles. The van der Waals surface area contributed by atoms with Gasteiger partial charge >= 0.3 is 0 Å². The van der Waals surface area contributed by atoms with Crippen LogP contribution in [0.1, 0.15) is 71.6 Å². The fourth-order valence-electron chi connectivity index (χ4n) is 3.02. The molecular weight excluding hydrogens is 306 g/mol. The molecule has 1 heterocycles. The normalized spacial score (nSPS) is 20.0. The van der Waals surface area contributed by atoms with Gasteiger partial charge in [0.05, 0.1) is 0 Å². The fraction of sp³-hybridized carbons (Fsp3) is 0.842. The number of rotatable bonds is 13. The average Bonchev–Trinajstić information content (AvgIpc) is 2.54. The van der Waals surface area contributed by atoms with Crippen LogP contribution in [0.2, 0.25) is 0 Å². The summed E-state index contributed by atoms with van der Waals surface area (Å²) < 4.78 is 11.3. The van der Waals surface area contributed by atoms with Gasteiger partial charge in [-0.1, -0.05) is 19.3 Å². The number of allylic oxidation sites excluding steroid dienone is 2. The van der Waals surface area contributed by atoms with E-state index in [9.17, 15) is 9.90 Å². The van der Waals surface area contributed by atoms with Crippen molar-refractivity contribution in [2.45, 2.75) is 84.0 Å². The van der Waals surface area contributed by atoms with E-state index in [0.29, 0.717) is 6.42 Å². The highest BCUT2D eigenvalue weighted by Gasteiger charge is 2.13. The van der Waals surface area contributed by atoms with Crippen LogP contribution in [0.3, 0.4) is 0 Å². The lowest BCUT2D eigenvalue weighted by Crippen LogP contribution is -2.28. The van der Waals surface area contributed by atoms with Crippen LogP contribution in [0.15, 0.2) is 11.8 Å². The van der Waals surface area contributed by atoms with E-state index in [-0.39, 0.29) is 24.7 Å². The van der Waals surface area contributed by atoms with Crippen LogP contribution in [-0.4, -0.2) is 43.0 Å². The fourth-order valence-corrected chi connectivity index (χ4v) is 3.02. The van der Waals surface area contributed by atoms with Gasteiger partial charge in [0.2, 0.25) is 0 Å². The largest absolute Gasteiger partial charge is 0.396 e. The minimum Gasteiger partial charge on any atom is -0.396 e. The van der Waals surface area contributed by atoms with Gasteiger partial charge in [0.15, 0.2) is 12.1 Å². The highest BCUT2D eigenvalue weighted by Crippen LogP contribution is 2.15. The summed E-state index contributed by atoms with van der Waals surface area (Å²) in [4.78, 5) is 11.1. The Morgan fingerprint density at radius 2 is 2.04 bits per heavy atom.